The third-order valence-electron chi connectivity index (χ3n) is 6.18. The number of alkyl halides is 3. The van der Waals surface area contributed by atoms with Crippen molar-refractivity contribution in [3.8, 4) is 0 Å². The van der Waals surface area contributed by atoms with Crippen molar-refractivity contribution < 1.29 is 22.8 Å². The van der Waals surface area contributed by atoms with Crippen LogP contribution in [0.3, 0.4) is 0 Å². The minimum absolute atomic E-state index is 0.0195. The molecule has 1 heterocycles. The smallest absolute Gasteiger partial charge is 0.274 e. The second-order valence-electron chi connectivity index (χ2n) is 7.33. The molecule has 3 fully saturated rings. The highest BCUT2D eigenvalue weighted by atomic mass is 35.5. The van der Waals surface area contributed by atoms with Crippen molar-refractivity contribution >= 4 is 29.1 Å². The van der Waals surface area contributed by atoms with E-state index >= 15 is 0 Å². The van der Waals surface area contributed by atoms with Gasteiger partial charge in [-0.15, -0.1) is 0 Å². The predicted octanol–water partition coefficient (Wildman–Crippen LogP) is 3.92. The molecule has 0 N–H and O–H groups in total. The monoisotopic (exact) mass is 367 g/mol. The molecule has 130 valence electrons. The average molecular weight is 368 g/mol. The fourth-order valence-corrected chi connectivity index (χ4v) is 5.26. The number of anilines is 1. The second-order valence-corrected chi connectivity index (χ2v) is 7.74. The van der Waals surface area contributed by atoms with Crippen molar-refractivity contribution in [2.45, 2.75) is 12.6 Å². The van der Waals surface area contributed by atoms with Crippen molar-refractivity contribution in [1.29, 1.82) is 0 Å². The van der Waals surface area contributed by atoms with Crippen LogP contribution in [0.5, 0.6) is 0 Å². The van der Waals surface area contributed by atoms with Crippen LogP contribution >= 0.6 is 11.6 Å². The van der Waals surface area contributed by atoms with Crippen molar-refractivity contribution in [3.63, 3.8) is 0 Å². The van der Waals surface area contributed by atoms with Crippen molar-refractivity contribution in [2.75, 3.05) is 4.90 Å². The molecule has 7 heteroatoms. The molecule has 0 aromatic heterocycles. The fraction of sp³-hybridized carbons (Fsp3) is 0.444. The van der Waals surface area contributed by atoms with Crippen molar-refractivity contribution in [2.24, 2.45) is 35.5 Å². The summed E-state index contributed by atoms with van der Waals surface area (Å²) in [5.74, 6) is -0.845. The molecule has 1 aromatic carbocycles. The third kappa shape index (κ3) is 1.94. The zero-order valence-electron chi connectivity index (χ0n) is 12.8. The zero-order valence-corrected chi connectivity index (χ0v) is 13.6. The SMILES string of the molecule is O=C1[C@@H]2[C@H]3C=C[C@H]([C@H]4C[C@H]34)[C@@H]2C(=O)N1c1cc(C(F)(F)F)ccc1Cl. The molecular weight excluding hydrogens is 355 g/mol. The van der Waals surface area contributed by atoms with Gasteiger partial charge in [0.2, 0.25) is 11.8 Å². The van der Waals surface area contributed by atoms with E-state index in [1.807, 2.05) is 12.2 Å². The number of hydrogen-bond donors (Lipinski definition) is 0. The number of halogens is 4. The Hall–Kier alpha value is -1.82. The van der Waals surface area contributed by atoms with Gasteiger partial charge in [-0.05, 0) is 48.3 Å². The molecule has 25 heavy (non-hydrogen) atoms. The van der Waals surface area contributed by atoms with E-state index in [0.29, 0.717) is 11.8 Å². The van der Waals surface area contributed by atoms with E-state index in [9.17, 15) is 22.8 Å². The Labute approximate surface area is 146 Å². The van der Waals surface area contributed by atoms with Gasteiger partial charge >= 0.3 is 6.18 Å². The molecule has 6 rings (SSSR count). The molecule has 1 saturated heterocycles. The maximum Gasteiger partial charge on any atom is 0.416 e. The quantitative estimate of drug-likeness (QED) is 0.557. The van der Waals surface area contributed by atoms with E-state index in [1.165, 1.54) is 0 Å². The molecule has 1 aromatic rings. The summed E-state index contributed by atoms with van der Waals surface area (Å²) in [6.45, 7) is 0. The Morgan fingerprint density at radius 3 is 2.08 bits per heavy atom. The number of benzene rings is 1. The molecule has 4 aliphatic carbocycles. The molecular formula is C18H13ClF3NO2. The van der Waals surface area contributed by atoms with Crippen LogP contribution in [0.2, 0.25) is 5.02 Å². The first-order valence-electron chi connectivity index (χ1n) is 8.22. The second kappa shape index (κ2) is 4.67. The molecule has 2 bridgehead atoms. The number of carbonyl (C=O) groups is 2. The average Bonchev–Trinajstić information content (AvgIpc) is 3.32. The van der Waals surface area contributed by atoms with Crippen LogP contribution in [0, 0.1) is 35.5 Å². The van der Waals surface area contributed by atoms with Crippen LogP contribution in [-0.4, -0.2) is 11.8 Å². The van der Waals surface area contributed by atoms with Gasteiger partial charge in [0.05, 0.1) is 28.1 Å². The lowest BCUT2D eigenvalue weighted by Gasteiger charge is -2.37. The summed E-state index contributed by atoms with van der Waals surface area (Å²) >= 11 is 6.05. The number of allylic oxidation sites excluding steroid dienone is 2. The van der Waals surface area contributed by atoms with Gasteiger partial charge in [0.1, 0.15) is 0 Å². The Morgan fingerprint density at radius 1 is 1.00 bits per heavy atom. The first-order chi connectivity index (χ1) is 11.8. The maximum absolute atomic E-state index is 13.0. The number of rotatable bonds is 1. The van der Waals surface area contributed by atoms with Crippen molar-refractivity contribution in [1.82, 2.24) is 0 Å². The van der Waals surface area contributed by atoms with Crippen LogP contribution in [-0.2, 0) is 15.8 Å². The Balaban J connectivity index is 1.59. The highest BCUT2D eigenvalue weighted by Crippen LogP contribution is 2.65. The van der Waals surface area contributed by atoms with Gasteiger partial charge in [-0.1, -0.05) is 23.8 Å². The summed E-state index contributed by atoms with van der Waals surface area (Å²) < 4.78 is 39.1. The topological polar surface area (TPSA) is 37.4 Å². The molecule has 1 aliphatic heterocycles. The number of hydrogen-bond acceptors (Lipinski definition) is 2. The lowest BCUT2D eigenvalue weighted by Crippen LogP contribution is -2.40. The van der Waals surface area contributed by atoms with Gasteiger partial charge < -0.3 is 0 Å². The van der Waals surface area contributed by atoms with Crippen LogP contribution in [0.1, 0.15) is 12.0 Å². The molecule has 0 spiro atoms. The van der Waals surface area contributed by atoms with Crippen LogP contribution in [0.15, 0.2) is 30.4 Å². The minimum Gasteiger partial charge on any atom is -0.274 e. The third-order valence-corrected chi connectivity index (χ3v) is 6.50. The number of amides is 2. The number of imide groups is 1. The summed E-state index contributed by atoms with van der Waals surface area (Å²) in [5.41, 5.74) is -1.08. The fourth-order valence-electron chi connectivity index (χ4n) is 5.05. The molecule has 2 saturated carbocycles. The summed E-state index contributed by atoms with van der Waals surface area (Å²) in [6, 6.07) is 2.74. The van der Waals surface area contributed by atoms with Gasteiger partial charge in [-0.2, -0.15) is 13.2 Å². The molecule has 0 radical (unpaired) electrons. The summed E-state index contributed by atoms with van der Waals surface area (Å²) in [7, 11) is 0. The first kappa shape index (κ1) is 15.4. The zero-order chi connectivity index (χ0) is 17.7. The summed E-state index contributed by atoms with van der Waals surface area (Å²) in [6.07, 6.45) is 0.491. The standard InChI is InChI=1S/C18H13ClF3NO2/c19-12-4-1-7(18(20,21)22)5-13(12)23-16(24)14-8-2-3-9(11-6-10(8)11)15(14)17(23)25/h1-5,8-11,14-15H,6H2/t8-,9+,10-,11-,14+,15-/m1/s1. The van der Waals surface area contributed by atoms with Gasteiger partial charge in [-0.3, -0.25) is 9.59 Å². The van der Waals surface area contributed by atoms with Crippen molar-refractivity contribution in [3.05, 3.63) is 40.9 Å². The molecule has 0 unspecified atom stereocenters. The number of nitrogens with zero attached hydrogens (tertiary/aromatic N) is 1. The highest BCUT2D eigenvalue weighted by molar-refractivity contribution is 6.36. The Kier molecular flexibility index (Phi) is 2.88. The minimum atomic E-state index is -4.57. The van der Waals surface area contributed by atoms with Gasteiger partial charge in [0.15, 0.2) is 0 Å². The molecule has 3 nitrogen and oxygen atoms in total. The van der Waals surface area contributed by atoms with E-state index in [-0.39, 0.29) is 22.5 Å². The summed E-state index contributed by atoms with van der Waals surface area (Å²) in [5, 5.41) is -0.0289. The van der Waals surface area contributed by atoms with E-state index in [4.69, 9.17) is 11.6 Å². The number of carbonyl (C=O) groups excluding carboxylic acids is 2. The Bertz CT molecular complexity index is 813. The normalized spacial score (nSPS) is 38.2. The van der Waals surface area contributed by atoms with Gasteiger partial charge in [-0.25, -0.2) is 4.90 Å². The van der Waals surface area contributed by atoms with E-state index in [2.05, 4.69) is 0 Å². The molecule has 6 atom stereocenters. The van der Waals surface area contributed by atoms with E-state index in [1.54, 1.807) is 0 Å². The van der Waals surface area contributed by atoms with Gasteiger partial charge in [0.25, 0.3) is 0 Å². The maximum atomic E-state index is 13.0. The van der Waals surface area contributed by atoms with Crippen LogP contribution in [0.4, 0.5) is 18.9 Å². The molecule has 5 aliphatic rings. The predicted molar refractivity (Wildman–Crippen MR) is 83.6 cm³/mol. The van der Waals surface area contributed by atoms with Crippen LogP contribution < -0.4 is 4.90 Å². The van der Waals surface area contributed by atoms with E-state index in [0.717, 1.165) is 29.5 Å². The lowest BCUT2D eigenvalue weighted by molar-refractivity contribution is -0.137. The van der Waals surface area contributed by atoms with E-state index < -0.39 is 35.4 Å². The van der Waals surface area contributed by atoms with Crippen LogP contribution in [0.25, 0.3) is 0 Å². The largest absolute Gasteiger partial charge is 0.416 e. The first-order valence-corrected chi connectivity index (χ1v) is 8.59. The lowest BCUT2D eigenvalue weighted by atomic mass is 9.63. The Morgan fingerprint density at radius 2 is 1.56 bits per heavy atom. The molecule has 2 amide bonds. The van der Waals surface area contributed by atoms with Gasteiger partial charge in [0, 0.05) is 0 Å². The summed E-state index contributed by atoms with van der Waals surface area (Å²) in [4.78, 5) is 26.8. The highest BCUT2D eigenvalue weighted by Gasteiger charge is 2.67.